The topological polar surface area (TPSA) is 61.3 Å². The summed E-state index contributed by atoms with van der Waals surface area (Å²) in [7, 11) is 2.17. The summed E-state index contributed by atoms with van der Waals surface area (Å²) < 4.78 is 21.7. The van der Waals surface area contributed by atoms with Gasteiger partial charge in [-0.15, -0.1) is 4.37 Å². The third-order valence-electron chi connectivity index (χ3n) is 6.03. The molecule has 2 aromatic rings. The first-order chi connectivity index (χ1) is 15.9. The highest BCUT2D eigenvalue weighted by molar-refractivity contribution is 6.99. The van der Waals surface area contributed by atoms with Crippen LogP contribution in [0, 0.1) is 5.92 Å². The Morgan fingerprint density at radius 2 is 1.91 bits per heavy atom. The van der Waals surface area contributed by atoms with Gasteiger partial charge in [0.2, 0.25) is 0 Å². The molecule has 0 spiro atoms. The smallest absolute Gasteiger partial charge is 0.310 e. The van der Waals surface area contributed by atoms with Gasteiger partial charge in [-0.05, 0) is 24.5 Å². The van der Waals surface area contributed by atoms with Gasteiger partial charge in [-0.2, -0.15) is 4.37 Å². The van der Waals surface area contributed by atoms with Gasteiger partial charge in [-0.25, -0.2) is 0 Å². The maximum atomic E-state index is 12.7. The molecule has 0 aliphatic carbocycles. The molecule has 0 N–H and O–H groups in total. The van der Waals surface area contributed by atoms with Crippen LogP contribution in [0.2, 0.25) is 0 Å². The minimum Gasteiger partial charge on any atom is -1.00 e. The summed E-state index contributed by atoms with van der Waals surface area (Å²) in [5.41, 5.74) is 2.96. The lowest BCUT2D eigenvalue weighted by Crippen LogP contribution is -3.00. The lowest BCUT2D eigenvalue weighted by molar-refractivity contribution is -0.953. The number of unbranched alkanes of at least 4 members (excludes halogenated alkanes) is 3. The summed E-state index contributed by atoms with van der Waals surface area (Å²) in [5.74, 6) is 0.735. The normalized spacial score (nSPS) is 18.7. The van der Waals surface area contributed by atoms with Gasteiger partial charge in [0, 0.05) is 18.4 Å². The zero-order valence-electron chi connectivity index (χ0n) is 20.8. The largest absolute Gasteiger partial charge is 1.00 e. The summed E-state index contributed by atoms with van der Waals surface area (Å²) >= 11 is 1.19. The van der Waals surface area contributed by atoms with Crippen LogP contribution >= 0.6 is 11.7 Å². The molecule has 8 heteroatoms. The van der Waals surface area contributed by atoms with Gasteiger partial charge in [-0.1, -0.05) is 64.3 Å². The lowest BCUT2D eigenvalue weighted by Gasteiger charge is -2.42. The molecule has 2 atom stereocenters. The van der Waals surface area contributed by atoms with Crippen LogP contribution in [-0.4, -0.2) is 45.9 Å². The first-order valence-corrected chi connectivity index (χ1v) is 12.9. The Morgan fingerprint density at radius 1 is 1.15 bits per heavy atom. The number of halogens is 1. The Hall–Kier alpha value is -1.52. The number of benzene rings is 1. The van der Waals surface area contributed by atoms with E-state index in [2.05, 4.69) is 28.8 Å². The number of rotatable bonds is 12. The number of carbonyl (C=O) groups is 1. The first-order valence-electron chi connectivity index (χ1n) is 12.2. The van der Waals surface area contributed by atoms with Crippen LogP contribution in [0.5, 0.6) is 5.88 Å². The number of hydrogen-bond acceptors (Lipinski definition) is 6. The third kappa shape index (κ3) is 8.02. The van der Waals surface area contributed by atoms with Crippen molar-refractivity contribution in [1.82, 2.24) is 8.75 Å². The van der Waals surface area contributed by atoms with Gasteiger partial charge >= 0.3 is 5.97 Å². The summed E-state index contributed by atoms with van der Waals surface area (Å²) in [6.07, 6.45) is 7.79. The van der Waals surface area contributed by atoms with Gasteiger partial charge in [0.25, 0.3) is 12.1 Å². The molecule has 1 aromatic heterocycles. The van der Waals surface area contributed by atoms with E-state index in [9.17, 15) is 4.79 Å². The Kier molecular flexibility index (Phi) is 11.9. The predicted octanol–water partition coefficient (Wildman–Crippen LogP) is 3.02. The zero-order chi connectivity index (χ0) is 23.7. The maximum absolute atomic E-state index is 12.7. The van der Waals surface area contributed by atoms with E-state index < -0.39 is 0 Å². The van der Waals surface area contributed by atoms with Crippen LogP contribution < -0.4 is 28.7 Å². The van der Waals surface area contributed by atoms with Crippen molar-refractivity contribution in [2.75, 3.05) is 26.7 Å². The number of hydrogen-bond donors (Lipinski definition) is 0. The standard InChI is InChI=1S/C26H38N3O3S.HI/c1-5-6-7-11-17-31-25-24(27-33-28-25)22-15-12-16-29(4,19-22)26(21-13-9-8-10-14-21)32-23(30)18-20(2)3;/h8-10,13-15,20,26H,5-7,11-12,16-19H2,1-4H3;1H/q+1;/p-1. The fourth-order valence-corrected chi connectivity index (χ4v) is 4.82. The molecule has 3 rings (SSSR count). The SMILES string of the molecule is CCCCCCOc1nsnc1C1=CCC[N+](C)(C(OC(=O)CC(C)C)c2ccccc2)C1.[I-]. The van der Waals surface area contributed by atoms with Crippen LogP contribution in [0.1, 0.15) is 76.8 Å². The molecule has 2 heterocycles. The number of esters is 1. The molecule has 0 saturated carbocycles. The Balaban J connectivity index is 0.00000408. The van der Waals surface area contributed by atoms with E-state index in [-0.39, 0.29) is 42.1 Å². The summed E-state index contributed by atoms with van der Waals surface area (Å²) in [5, 5.41) is 0. The summed E-state index contributed by atoms with van der Waals surface area (Å²) in [4.78, 5) is 12.7. The molecule has 0 fully saturated rings. The van der Waals surface area contributed by atoms with Crippen LogP contribution in [0.15, 0.2) is 36.4 Å². The van der Waals surface area contributed by atoms with E-state index in [0.717, 1.165) is 36.2 Å². The second-order valence-corrected chi connectivity index (χ2v) is 10.1. The molecule has 1 aromatic carbocycles. The van der Waals surface area contributed by atoms with Crippen LogP contribution in [0.25, 0.3) is 5.57 Å². The number of ether oxygens (including phenoxy) is 2. The molecular formula is C26H38IN3O3S. The van der Waals surface area contributed by atoms with E-state index in [1.807, 2.05) is 44.2 Å². The van der Waals surface area contributed by atoms with Crippen molar-refractivity contribution in [3.8, 4) is 5.88 Å². The second-order valence-electron chi connectivity index (χ2n) is 9.56. The molecule has 2 unspecified atom stereocenters. The van der Waals surface area contributed by atoms with E-state index in [1.54, 1.807) is 0 Å². The quantitative estimate of drug-likeness (QED) is 0.163. The first kappa shape index (κ1) is 28.7. The second kappa shape index (κ2) is 14.1. The van der Waals surface area contributed by atoms with Gasteiger partial charge < -0.3 is 33.5 Å². The zero-order valence-corrected chi connectivity index (χ0v) is 23.8. The fraction of sp³-hybridized carbons (Fsp3) is 0.577. The maximum Gasteiger partial charge on any atom is 0.310 e. The summed E-state index contributed by atoms with van der Waals surface area (Å²) in [6.45, 7) is 8.52. The highest BCUT2D eigenvalue weighted by Gasteiger charge is 2.40. The average Bonchev–Trinajstić information content (AvgIpc) is 3.26. The molecule has 6 nitrogen and oxygen atoms in total. The van der Waals surface area contributed by atoms with Gasteiger partial charge in [0.15, 0.2) is 0 Å². The number of nitrogens with zero attached hydrogens (tertiary/aromatic N) is 3. The number of carbonyl (C=O) groups excluding carboxylic acids is 1. The lowest BCUT2D eigenvalue weighted by atomic mass is 10.0. The van der Waals surface area contributed by atoms with Crippen LogP contribution in [-0.2, 0) is 9.53 Å². The van der Waals surface area contributed by atoms with Crippen LogP contribution in [0.3, 0.4) is 0 Å². The molecule has 0 radical (unpaired) electrons. The van der Waals surface area contributed by atoms with Crippen molar-refractivity contribution >= 4 is 23.3 Å². The highest BCUT2D eigenvalue weighted by Crippen LogP contribution is 2.37. The summed E-state index contributed by atoms with van der Waals surface area (Å²) in [6, 6.07) is 10.1. The third-order valence-corrected chi connectivity index (χ3v) is 6.54. The monoisotopic (exact) mass is 599 g/mol. The van der Waals surface area contributed by atoms with Crippen molar-refractivity contribution in [3.05, 3.63) is 47.7 Å². The minimum atomic E-state index is -0.369. The van der Waals surface area contributed by atoms with Crippen molar-refractivity contribution in [2.24, 2.45) is 5.92 Å². The van der Waals surface area contributed by atoms with Gasteiger partial charge in [0.05, 0.1) is 37.5 Å². The molecular weight excluding hydrogens is 561 g/mol. The molecule has 1 aliphatic heterocycles. The average molecular weight is 600 g/mol. The number of likely N-dealkylation sites (N-methyl/N-ethyl adjacent to an activating group) is 1. The predicted molar refractivity (Wildman–Crippen MR) is 133 cm³/mol. The number of aromatic nitrogens is 2. The van der Waals surface area contributed by atoms with Gasteiger partial charge in [-0.3, -0.25) is 9.28 Å². The number of quaternary nitrogens is 1. The molecule has 1 aliphatic rings. The van der Waals surface area contributed by atoms with Crippen LogP contribution in [0.4, 0.5) is 0 Å². The van der Waals surface area contributed by atoms with Crippen molar-refractivity contribution in [3.63, 3.8) is 0 Å². The van der Waals surface area contributed by atoms with Gasteiger partial charge in [0.1, 0.15) is 12.2 Å². The molecule has 188 valence electrons. The van der Waals surface area contributed by atoms with Crippen molar-refractivity contribution in [1.29, 1.82) is 0 Å². The van der Waals surface area contributed by atoms with Crippen molar-refractivity contribution in [2.45, 2.75) is 65.5 Å². The Morgan fingerprint density at radius 3 is 2.62 bits per heavy atom. The highest BCUT2D eigenvalue weighted by atomic mass is 127. The van der Waals surface area contributed by atoms with E-state index in [0.29, 0.717) is 29.9 Å². The van der Waals surface area contributed by atoms with Crippen molar-refractivity contribution < 1.29 is 42.7 Å². The van der Waals surface area contributed by atoms with E-state index in [1.165, 1.54) is 31.0 Å². The molecule has 0 bridgehead atoms. The fourth-order valence-electron chi connectivity index (χ4n) is 4.29. The Labute approximate surface area is 225 Å². The molecule has 0 saturated heterocycles. The van der Waals surface area contributed by atoms with E-state index >= 15 is 0 Å². The molecule has 34 heavy (non-hydrogen) atoms. The minimum absolute atomic E-state index is 0. The molecule has 0 amide bonds. The Bertz CT molecular complexity index is 919. The van der Waals surface area contributed by atoms with E-state index in [4.69, 9.17) is 9.47 Å².